The molecule has 4 aliphatic heterocycles. The number of likely N-dealkylation sites (tertiary alicyclic amines) is 2. The molecule has 11 nitrogen and oxygen atoms in total. The molecule has 0 bridgehead atoms. The van der Waals surface area contributed by atoms with Gasteiger partial charge in [-0.2, -0.15) is 0 Å². The van der Waals surface area contributed by atoms with Gasteiger partial charge in [0.25, 0.3) is 11.8 Å². The fourth-order valence-corrected chi connectivity index (χ4v) is 6.57. The largest absolute Gasteiger partial charge is 0.400 e. The van der Waals surface area contributed by atoms with Crippen molar-refractivity contribution in [3.63, 3.8) is 0 Å². The maximum Gasteiger partial charge on any atom is 0.290 e. The van der Waals surface area contributed by atoms with Crippen molar-refractivity contribution in [2.75, 3.05) is 47.6 Å². The van der Waals surface area contributed by atoms with Gasteiger partial charge in [-0.1, -0.05) is 60.7 Å². The number of hydrogen-bond acceptors (Lipinski definition) is 9. The van der Waals surface area contributed by atoms with E-state index in [0.717, 1.165) is 18.2 Å². The number of nitrogens with two attached hydrogens (primary N) is 1. The average Bonchev–Trinajstić information content (AvgIpc) is 3.04. The highest BCUT2D eigenvalue weighted by Crippen LogP contribution is 2.32. The quantitative estimate of drug-likeness (QED) is 0.473. The summed E-state index contributed by atoms with van der Waals surface area (Å²) in [5.74, 6) is -1.22. The summed E-state index contributed by atoms with van der Waals surface area (Å²) in [4.78, 5) is 54.1. The van der Waals surface area contributed by atoms with Crippen LogP contribution in [0.2, 0.25) is 0 Å². The third kappa shape index (κ3) is 7.59. The zero-order valence-electron chi connectivity index (χ0n) is 25.7. The van der Waals surface area contributed by atoms with Crippen LogP contribution in [0, 0.1) is 11.8 Å². The number of benzene rings is 2. The first-order chi connectivity index (χ1) is 21.2. The second-order valence-electron chi connectivity index (χ2n) is 11.8. The second kappa shape index (κ2) is 15.5. The van der Waals surface area contributed by atoms with E-state index in [9.17, 15) is 19.2 Å². The van der Waals surface area contributed by atoms with Crippen molar-refractivity contribution < 1.29 is 33.8 Å². The summed E-state index contributed by atoms with van der Waals surface area (Å²) in [7, 11) is 5.00. The van der Waals surface area contributed by atoms with E-state index in [2.05, 4.69) is 4.90 Å². The van der Waals surface area contributed by atoms with Gasteiger partial charge in [0.2, 0.25) is 11.6 Å². The number of amides is 2. The van der Waals surface area contributed by atoms with Gasteiger partial charge in [-0.05, 0) is 25.2 Å². The molecule has 6 atom stereocenters. The Morgan fingerprint density at radius 3 is 1.61 bits per heavy atom. The van der Waals surface area contributed by atoms with Crippen LogP contribution in [0.3, 0.4) is 0 Å². The number of rotatable bonds is 5. The minimum Gasteiger partial charge on any atom is -0.400 e. The van der Waals surface area contributed by atoms with Gasteiger partial charge in [-0.15, -0.1) is 0 Å². The molecule has 3 N–H and O–H groups in total. The molecule has 2 aromatic carbocycles. The van der Waals surface area contributed by atoms with E-state index in [0.29, 0.717) is 45.9 Å². The van der Waals surface area contributed by atoms with Gasteiger partial charge in [0.15, 0.2) is 0 Å². The van der Waals surface area contributed by atoms with Gasteiger partial charge < -0.3 is 35.0 Å². The first-order valence-electron chi connectivity index (χ1n) is 15.0. The van der Waals surface area contributed by atoms with Crippen LogP contribution in [-0.2, 0) is 41.7 Å². The van der Waals surface area contributed by atoms with Crippen molar-refractivity contribution in [2.24, 2.45) is 17.6 Å². The monoisotopic (exact) mass is 608 g/mol. The zero-order chi connectivity index (χ0) is 31.8. The van der Waals surface area contributed by atoms with Crippen LogP contribution in [0.15, 0.2) is 60.7 Å². The fraction of sp³-hybridized carbons (Fsp3) is 0.515. The highest BCUT2D eigenvalue weighted by molar-refractivity contribution is 6.37. The number of carbonyl (C=O) groups is 4. The summed E-state index contributed by atoms with van der Waals surface area (Å²) in [5.41, 5.74) is 8.08. The molecule has 44 heavy (non-hydrogen) atoms. The van der Waals surface area contributed by atoms with Gasteiger partial charge in [-0.3, -0.25) is 19.2 Å². The summed E-state index contributed by atoms with van der Waals surface area (Å²) in [5, 5.41) is 7.00. The molecule has 6 rings (SSSR count). The molecule has 0 radical (unpaired) electrons. The summed E-state index contributed by atoms with van der Waals surface area (Å²) in [6.45, 7) is 2.96. The van der Waals surface area contributed by atoms with Crippen LogP contribution in [0.1, 0.15) is 24.0 Å². The Morgan fingerprint density at radius 1 is 0.705 bits per heavy atom. The molecular weight excluding hydrogens is 564 g/mol. The van der Waals surface area contributed by atoms with E-state index in [4.69, 9.17) is 20.3 Å². The predicted molar refractivity (Wildman–Crippen MR) is 163 cm³/mol. The van der Waals surface area contributed by atoms with E-state index in [1.807, 2.05) is 74.8 Å². The predicted octanol–water partition coefficient (Wildman–Crippen LogP) is 0.872. The molecule has 0 saturated carbocycles. The lowest BCUT2D eigenvalue weighted by Crippen LogP contribution is -2.62. The van der Waals surface area contributed by atoms with Gasteiger partial charge in [0, 0.05) is 57.0 Å². The molecule has 4 heterocycles. The van der Waals surface area contributed by atoms with Crippen LogP contribution in [-0.4, -0.2) is 115 Å². The number of Topliss-reactive ketones (excluding diaryl/α,β-unsaturated/α-hetero) is 2. The van der Waals surface area contributed by atoms with E-state index in [-0.39, 0.29) is 59.9 Å². The van der Waals surface area contributed by atoms with Gasteiger partial charge in [0.1, 0.15) is 0 Å². The lowest BCUT2D eigenvalue weighted by molar-refractivity contribution is -0.161. The minimum absolute atomic E-state index is 0.0117. The smallest absolute Gasteiger partial charge is 0.290 e. The number of nitrogens with zero attached hydrogens (tertiary/aromatic N) is 3. The van der Waals surface area contributed by atoms with E-state index in [1.54, 1.807) is 9.80 Å². The minimum atomic E-state index is -0.409. The first-order valence-corrected chi connectivity index (χ1v) is 15.0. The third-order valence-electron chi connectivity index (χ3n) is 8.91. The topological polar surface area (TPSA) is 143 Å². The van der Waals surface area contributed by atoms with Crippen LogP contribution < -0.4 is 5.73 Å². The highest BCUT2D eigenvalue weighted by Gasteiger charge is 2.47. The van der Waals surface area contributed by atoms with Gasteiger partial charge in [0.05, 0.1) is 38.5 Å². The number of fused-ring (bicyclic) bond motifs is 2. The highest BCUT2D eigenvalue weighted by atomic mass is 16.5. The SMILES string of the molecule is CN(C)[C@H]1COC[C@@H]2[C@@H]1CC(=O)C(=O)N2Cc1ccccc1.CO.N[C@H]1COC[C@@H]2[C@@H]1CC(=O)C(=O)N2Cc1ccccc1. The van der Waals surface area contributed by atoms with Crippen LogP contribution in [0.4, 0.5) is 0 Å². The molecule has 4 fully saturated rings. The van der Waals surface area contributed by atoms with Gasteiger partial charge >= 0.3 is 0 Å². The van der Waals surface area contributed by atoms with Crippen LogP contribution in [0.5, 0.6) is 0 Å². The lowest BCUT2D eigenvalue weighted by atomic mass is 9.80. The number of likely N-dealkylation sites (N-methyl/N-ethyl adjacent to an activating group) is 1. The van der Waals surface area contributed by atoms with E-state index >= 15 is 0 Å². The van der Waals surface area contributed by atoms with Crippen molar-refractivity contribution in [1.29, 1.82) is 0 Å². The molecule has 0 aliphatic carbocycles. The van der Waals surface area contributed by atoms with Crippen molar-refractivity contribution in [3.05, 3.63) is 71.8 Å². The number of aliphatic hydroxyl groups is 1. The Hall–Kier alpha value is -3.48. The average molecular weight is 609 g/mol. The number of carbonyl (C=O) groups excluding carboxylic acids is 4. The molecule has 0 unspecified atom stereocenters. The summed E-state index contributed by atoms with van der Waals surface area (Å²) in [6, 6.07) is 19.4. The number of ether oxygens (including phenoxy) is 2. The summed E-state index contributed by atoms with van der Waals surface area (Å²) >= 11 is 0. The third-order valence-corrected chi connectivity index (χ3v) is 8.91. The summed E-state index contributed by atoms with van der Waals surface area (Å²) in [6.07, 6.45) is 0.584. The number of aliphatic hydroxyl groups excluding tert-OH is 1. The molecule has 2 aromatic rings. The second-order valence-corrected chi connectivity index (χ2v) is 11.8. The Bertz CT molecular complexity index is 1280. The lowest BCUT2D eigenvalue weighted by Gasteiger charge is -2.48. The molecule has 4 aliphatic rings. The van der Waals surface area contributed by atoms with Crippen LogP contribution in [0.25, 0.3) is 0 Å². The van der Waals surface area contributed by atoms with Crippen LogP contribution >= 0.6 is 0 Å². The molecule has 0 aromatic heterocycles. The Kier molecular flexibility index (Phi) is 11.8. The number of piperidine rings is 2. The van der Waals surface area contributed by atoms with E-state index < -0.39 is 5.91 Å². The Morgan fingerprint density at radius 2 is 1.14 bits per heavy atom. The molecule has 2 amide bonds. The maximum absolute atomic E-state index is 12.4. The molecule has 0 spiro atoms. The summed E-state index contributed by atoms with van der Waals surface area (Å²) < 4.78 is 11.2. The first kappa shape index (κ1) is 33.4. The Labute approximate surface area is 258 Å². The normalized spacial score (nSPS) is 28.3. The van der Waals surface area contributed by atoms with Crippen molar-refractivity contribution in [1.82, 2.24) is 14.7 Å². The molecule has 238 valence electrons. The molecule has 11 heteroatoms. The number of ketones is 2. The maximum atomic E-state index is 12.4. The molecular formula is C33H44N4O7. The fourth-order valence-electron chi connectivity index (χ4n) is 6.57. The standard InChI is InChI=1S/C17H22N2O3.C15H18N2O3.CH4O/c1-18(2)14-10-22-11-15-13(14)8-16(20)17(21)19(15)9-12-6-4-3-5-7-12;16-12-8-20-9-13-11(12)6-14(18)15(19)17(13)7-10-4-2-1-3-5-10;1-2/h3-7,13-15H,8-11H2,1-2H3;1-5,11-13H,6-9,16H2;2H,1H3/t13-,14+,15-;11-,12+,13-;/m11./s1. The van der Waals surface area contributed by atoms with Gasteiger partial charge in [-0.25, -0.2) is 0 Å². The zero-order valence-corrected chi connectivity index (χ0v) is 25.7. The Balaban J connectivity index is 0.000000191. The van der Waals surface area contributed by atoms with E-state index in [1.165, 1.54) is 0 Å². The number of hydrogen-bond donors (Lipinski definition) is 2. The van der Waals surface area contributed by atoms with Crippen molar-refractivity contribution in [3.8, 4) is 0 Å². The van der Waals surface area contributed by atoms with Crippen molar-refractivity contribution in [2.45, 2.75) is 50.1 Å². The van der Waals surface area contributed by atoms with Crippen molar-refractivity contribution >= 4 is 23.4 Å². The molecule has 4 saturated heterocycles.